The fraction of sp³-hybridized carbons (Fsp3) is 0.462. The van der Waals surface area contributed by atoms with E-state index < -0.39 is 9.84 Å². The Balaban J connectivity index is 1.85. The largest absolute Gasteiger partial charge is 0.283 e. The predicted octanol–water partition coefficient (Wildman–Crippen LogP) is -0.132. The van der Waals surface area contributed by atoms with Crippen LogP contribution in [0.1, 0.15) is 6.42 Å². The molecule has 0 N–H and O–H groups in total. The summed E-state index contributed by atoms with van der Waals surface area (Å²) in [7, 11) is -1.14. The number of hydrogen-bond acceptors (Lipinski definition) is 6. The van der Waals surface area contributed by atoms with Crippen molar-refractivity contribution in [2.24, 2.45) is 0 Å². The van der Waals surface area contributed by atoms with Gasteiger partial charge in [-0.15, -0.1) is 5.10 Å². The molecule has 1 aliphatic rings. The van der Waals surface area contributed by atoms with Gasteiger partial charge in [0.15, 0.2) is 9.84 Å². The van der Waals surface area contributed by atoms with Crippen molar-refractivity contribution in [1.29, 1.82) is 0 Å². The van der Waals surface area contributed by atoms with Gasteiger partial charge in [-0.25, -0.2) is 8.42 Å². The lowest BCUT2D eigenvalue weighted by atomic mass is 10.2. The van der Waals surface area contributed by atoms with Gasteiger partial charge in [0.25, 0.3) is 5.56 Å². The van der Waals surface area contributed by atoms with E-state index >= 15 is 0 Å². The molecule has 3 rings (SSSR count). The van der Waals surface area contributed by atoms with Crippen LogP contribution in [-0.4, -0.2) is 52.9 Å². The normalized spacial score (nSPS) is 21.1. The van der Waals surface area contributed by atoms with E-state index in [9.17, 15) is 13.2 Å². The van der Waals surface area contributed by atoms with E-state index in [1.54, 1.807) is 31.3 Å². The summed E-state index contributed by atoms with van der Waals surface area (Å²) >= 11 is 0. The third-order valence-corrected chi connectivity index (χ3v) is 5.57. The topological polar surface area (TPSA) is 85.2 Å². The van der Waals surface area contributed by atoms with E-state index in [0.717, 1.165) is 0 Å². The van der Waals surface area contributed by atoms with Crippen molar-refractivity contribution >= 4 is 20.7 Å². The molecular formula is C13H16N4O3S. The minimum absolute atomic E-state index is 0.0739. The first-order chi connectivity index (χ1) is 9.96. The second kappa shape index (κ2) is 5.19. The summed E-state index contributed by atoms with van der Waals surface area (Å²) in [5.74, 6) is 0.347. The molecule has 1 aromatic heterocycles. The smallest absolute Gasteiger partial charge is 0.278 e. The lowest BCUT2D eigenvalue weighted by Crippen LogP contribution is -2.38. The first-order valence-electron chi connectivity index (χ1n) is 6.69. The quantitative estimate of drug-likeness (QED) is 0.785. The first-order valence-corrected chi connectivity index (χ1v) is 8.52. The molecule has 2 heterocycles. The molecule has 0 bridgehead atoms. The van der Waals surface area contributed by atoms with Crippen LogP contribution < -0.4 is 5.56 Å². The number of fused-ring (bicyclic) bond motifs is 1. The monoisotopic (exact) mass is 308 g/mol. The summed E-state index contributed by atoms with van der Waals surface area (Å²) in [6, 6.07) is 6.96. The predicted molar refractivity (Wildman–Crippen MR) is 78.6 cm³/mol. The van der Waals surface area contributed by atoms with Crippen LogP contribution in [0.4, 0.5) is 0 Å². The highest BCUT2D eigenvalue weighted by Gasteiger charge is 2.30. The zero-order chi connectivity index (χ0) is 15.0. The average Bonchev–Trinajstić information content (AvgIpc) is 2.82. The number of hydrogen-bond donors (Lipinski definition) is 0. The Morgan fingerprint density at radius 1 is 1.38 bits per heavy atom. The van der Waals surface area contributed by atoms with Gasteiger partial charge in [-0.05, 0) is 25.6 Å². The van der Waals surface area contributed by atoms with Gasteiger partial charge in [0.1, 0.15) is 5.52 Å². The van der Waals surface area contributed by atoms with Crippen LogP contribution in [0.3, 0.4) is 0 Å². The molecule has 1 saturated heterocycles. The van der Waals surface area contributed by atoms with E-state index in [4.69, 9.17) is 0 Å². The first kappa shape index (κ1) is 14.2. The Morgan fingerprint density at radius 3 is 2.86 bits per heavy atom. The van der Waals surface area contributed by atoms with Crippen molar-refractivity contribution < 1.29 is 8.42 Å². The Morgan fingerprint density at radius 2 is 2.14 bits per heavy atom. The Labute approximate surface area is 122 Å². The van der Waals surface area contributed by atoms with Gasteiger partial charge < -0.3 is 0 Å². The SMILES string of the molecule is CN(Cn1nnc2ccccc2c1=O)C1CCS(=O)(=O)C1. The number of sulfone groups is 1. The standard InChI is InChI=1S/C13H16N4O3S/c1-16(10-6-7-21(19,20)8-10)9-17-13(18)11-4-2-3-5-12(11)14-15-17/h2-5,10H,6-9H2,1H3. The van der Waals surface area contributed by atoms with Crippen molar-refractivity contribution in [3.05, 3.63) is 34.6 Å². The summed E-state index contributed by atoms with van der Waals surface area (Å²) in [6.45, 7) is 0.233. The summed E-state index contributed by atoms with van der Waals surface area (Å²) in [4.78, 5) is 14.2. The van der Waals surface area contributed by atoms with Crippen LogP contribution in [0.2, 0.25) is 0 Å². The molecule has 1 aliphatic heterocycles. The van der Waals surface area contributed by atoms with Crippen molar-refractivity contribution in [2.45, 2.75) is 19.1 Å². The molecule has 7 nitrogen and oxygen atoms in total. The zero-order valence-electron chi connectivity index (χ0n) is 11.6. The molecule has 0 spiro atoms. The second-order valence-corrected chi connectivity index (χ2v) is 7.60. The van der Waals surface area contributed by atoms with Crippen molar-refractivity contribution in [3.63, 3.8) is 0 Å². The van der Waals surface area contributed by atoms with Gasteiger partial charge in [-0.1, -0.05) is 17.3 Å². The molecule has 8 heteroatoms. The second-order valence-electron chi connectivity index (χ2n) is 5.37. The van der Waals surface area contributed by atoms with Crippen molar-refractivity contribution in [1.82, 2.24) is 19.9 Å². The summed E-state index contributed by atoms with van der Waals surface area (Å²) in [5.41, 5.74) is 0.346. The molecule has 1 unspecified atom stereocenters. The maximum absolute atomic E-state index is 12.3. The van der Waals surface area contributed by atoms with E-state index in [1.807, 2.05) is 4.90 Å². The van der Waals surface area contributed by atoms with Crippen LogP contribution in [0.15, 0.2) is 29.1 Å². The Kier molecular flexibility index (Phi) is 3.50. The highest BCUT2D eigenvalue weighted by atomic mass is 32.2. The molecule has 112 valence electrons. The number of nitrogens with zero attached hydrogens (tertiary/aromatic N) is 4. The van der Waals surface area contributed by atoms with Gasteiger partial charge in [-0.2, -0.15) is 4.68 Å². The van der Waals surface area contributed by atoms with Gasteiger partial charge in [0, 0.05) is 6.04 Å². The molecule has 2 aromatic rings. The highest BCUT2D eigenvalue weighted by Crippen LogP contribution is 2.16. The van der Waals surface area contributed by atoms with E-state index in [2.05, 4.69) is 10.3 Å². The highest BCUT2D eigenvalue weighted by molar-refractivity contribution is 7.91. The lowest BCUT2D eigenvalue weighted by Gasteiger charge is -2.22. The zero-order valence-corrected chi connectivity index (χ0v) is 12.5. The van der Waals surface area contributed by atoms with Crippen LogP contribution in [-0.2, 0) is 16.5 Å². The van der Waals surface area contributed by atoms with Crippen LogP contribution in [0, 0.1) is 0 Å². The fourth-order valence-electron chi connectivity index (χ4n) is 2.57. The maximum Gasteiger partial charge on any atom is 0.278 e. The minimum Gasteiger partial charge on any atom is -0.283 e. The van der Waals surface area contributed by atoms with Crippen molar-refractivity contribution in [2.75, 3.05) is 18.6 Å². The van der Waals surface area contributed by atoms with Crippen LogP contribution in [0.25, 0.3) is 10.9 Å². The average molecular weight is 308 g/mol. The number of aromatic nitrogens is 3. The van der Waals surface area contributed by atoms with Gasteiger partial charge >= 0.3 is 0 Å². The third kappa shape index (κ3) is 2.81. The lowest BCUT2D eigenvalue weighted by molar-refractivity contribution is 0.191. The van der Waals surface area contributed by atoms with Crippen LogP contribution in [0.5, 0.6) is 0 Å². The Bertz CT molecular complexity index is 831. The Hall–Kier alpha value is -1.80. The maximum atomic E-state index is 12.3. The summed E-state index contributed by atoms with van der Waals surface area (Å²) in [6.07, 6.45) is 0.592. The molecule has 1 aromatic carbocycles. The van der Waals surface area contributed by atoms with E-state index in [0.29, 0.717) is 17.3 Å². The molecule has 0 radical (unpaired) electrons. The third-order valence-electron chi connectivity index (χ3n) is 3.82. The van der Waals surface area contributed by atoms with E-state index in [1.165, 1.54) is 4.68 Å². The van der Waals surface area contributed by atoms with Gasteiger partial charge in [0.2, 0.25) is 0 Å². The van der Waals surface area contributed by atoms with E-state index in [-0.39, 0.29) is 29.8 Å². The van der Waals surface area contributed by atoms with Crippen LogP contribution >= 0.6 is 0 Å². The molecular weight excluding hydrogens is 292 g/mol. The number of benzene rings is 1. The molecule has 0 aliphatic carbocycles. The fourth-order valence-corrected chi connectivity index (χ4v) is 4.37. The molecule has 21 heavy (non-hydrogen) atoms. The number of rotatable bonds is 3. The molecule has 1 atom stereocenters. The van der Waals surface area contributed by atoms with Crippen molar-refractivity contribution in [3.8, 4) is 0 Å². The molecule has 0 saturated carbocycles. The summed E-state index contributed by atoms with van der Waals surface area (Å²) < 4.78 is 24.3. The van der Waals surface area contributed by atoms with Gasteiger partial charge in [-0.3, -0.25) is 9.69 Å². The molecule has 1 fully saturated rings. The van der Waals surface area contributed by atoms with Gasteiger partial charge in [0.05, 0.1) is 23.6 Å². The minimum atomic E-state index is -2.94. The summed E-state index contributed by atoms with van der Waals surface area (Å²) in [5, 5.41) is 8.45. The molecule has 0 amide bonds.